The first kappa shape index (κ1) is 14.8. The Labute approximate surface area is 112 Å². The highest BCUT2D eigenvalue weighted by molar-refractivity contribution is 6.31. The molecule has 5 heteroatoms. The van der Waals surface area contributed by atoms with Gasteiger partial charge in [0.15, 0.2) is 0 Å². The summed E-state index contributed by atoms with van der Waals surface area (Å²) in [7, 11) is 1.32. The molecule has 0 aliphatic heterocycles. The SMILES string of the molecule is COC(=O)c1cc(Cl)ccc1NCC(C)(C)CO. The van der Waals surface area contributed by atoms with Crippen molar-refractivity contribution in [1.82, 2.24) is 0 Å². The standard InChI is InChI=1S/C13H18ClNO3/c1-13(2,8-16)7-15-11-5-4-9(14)6-10(11)12(17)18-3/h4-6,15-16H,7-8H2,1-3H3. The molecule has 0 bridgehead atoms. The number of hydrogen-bond acceptors (Lipinski definition) is 4. The number of rotatable bonds is 5. The minimum atomic E-state index is -0.443. The molecular formula is C13H18ClNO3. The summed E-state index contributed by atoms with van der Waals surface area (Å²) in [6.07, 6.45) is 0. The van der Waals surface area contributed by atoms with E-state index in [1.54, 1.807) is 18.2 Å². The van der Waals surface area contributed by atoms with Crippen LogP contribution in [0.15, 0.2) is 18.2 Å². The van der Waals surface area contributed by atoms with Crippen LogP contribution in [0, 0.1) is 5.41 Å². The highest BCUT2D eigenvalue weighted by Crippen LogP contribution is 2.23. The van der Waals surface area contributed by atoms with Gasteiger partial charge in [0.2, 0.25) is 0 Å². The molecule has 0 saturated heterocycles. The van der Waals surface area contributed by atoms with E-state index in [1.807, 2.05) is 13.8 Å². The molecule has 0 heterocycles. The molecular weight excluding hydrogens is 254 g/mol. The van der Waals surface area contributed by atoms with Crippen LogP contribution in [0.5, 0.6) is 0 Å². The predicted octanol–water partition coefficient (Wildman–Crippen LogP) is 2.56. The first-order valence-electron chi connectivity index (χ1n) is 5.62. The third-order valence-electron chi connectivity index (χ3n) is 2.57. The van der Waals surface area contributed by atoms with Gasteiger partial charge in [-0.15, -0.1) is 0 Å². The van der Waals surface area contributed by atoms with Crippen molar-refractivity contribution < 1.29 is 14.6 Å². The topological polar surface area (TPSA) is 58.6 Å². The van der Waals surface area contributed by atoms with Crippen molar-refractivity contribution in [1.29, 1.82) is 0 Å². The van der Waals surface area contributed by atoms with Gasteiger partial charge in [-0.1, -0.05) is 25.4 Å². The van der Waals surface area contributed by atoms with E-state index < -0.39 is 5.97 Å². The number of anilines is 1. The fourth-order valence-corrected chi connectivity index (χ4v) is 1.51. The number of esters is 1. The average Bonchev–Trinajstić information content (AvgIpc) is 2.36. The Bertz CT molecular complexity index is 432. The summed E-state index contributed by atoms with van der Waals surface area (Å²) in [5, 5.41) is 12.8. The zero-order valence-electron chi connectivity index (χ0n) is 10.8. The summed E-state index contributed by atoms with van der Waals surface area (Å²) in [5.41, 5.74) is 0.763. The zero-order valence-corrected chi connectivity index (χ0v) is 11.5. The largest absolute Gasteiger partial charge is 0.465 e. The molecule has 2 N–H and O–H groups in total. The lowest BCUT2D eigenvalue weighted by atomic mass is 9.95. The van der Waals surface area contributed by atoms with Gasteiger partial charge in [-0.05, 0) is 18.2 Å². The molecule has 18 heavy (non-hydrogen) atoms. The van der Waals surface area contributed by atoms with Crippen LogP contribution >= 0.6 is 11.6 Å². The second-order valence-electron chi connectivity index (χ2n) is 4.86. The summed E-state index contributed by atoms with van der Waals surface area (Å²) in [5.74, 6) is -0.443. The number of carbonyl (C=O) groups excluding carboxylic acids is 1. The van der Waals surface area contributed by atoms with Crippen molar-refractivity contribution in [3.63, 3.8) is 0 Å². The number of nitrogens with one attached hydrogen (secondary N) is 1. The average molecular weight is 272 g/mol. The van der Waals surface area contributed by atoms with Crippen molar-refractivity contribution in [3.05, 3.63) is 28.8 Å². The van der Waals surface area contributed by atoms with E-state index in [4.69, 9.17) is 16.3 Å². The summed E-state index contributed by atoms with van der Waals surface area (Å²) in [6.45, 7) is 4.44. The second-order valence-corrected chi connectivity index (χ2v) is 5.29. The lowest BCUT2D eigenvalue weighted by Crippen LogP contribution is -2.27. The molecule has 0 aromatic heterocycles. The maximum atomic E-state index is 11.6. The Kier molecular flexibility index (Phi) is 4.99. The first-order valence-corrected chi connectivity index (χ1v) is 6.00. The summed E-state index contributed by atoms with van der Waals surface area (Å²) >= 11 is 5.86. The smallest absolute Gasteiger partial charge is 0.340 e. The third-order valence-corrected chi connectivity index (χ3v) is 2.81. The van der Waals surface area contributed by atoms with Crippen molar-refractivity contribution >= 4 is 23.3 Å². The van der Waals surface area contributed by atoms with Crippen LogP contribution in [-0.2, 0) is 4.74 Å². The van der Waals surface area contributed by atoms with Crippen LogP contribution in [0.4, 0.5) is 5.69 Å². The number of aliphatic hydroxyl groups is 1. The Morgan fingerprint density at radius 3 is 2.72 bits per heavy atom. The molecule has 1 aromatic carbocycles. The number of carbonyl (C=O) groups is 1. The zero-order chi connectivity index (χ0) is 13.8. The van der Waals surface area contributed by atoms with E-state index in [0.717, 1.165) is 0 Å². The fraction of sp³-hybridized carbons (Fsp3) is 0.462. The minimum absolute atomic E-state index is 0.0567. The van der Waals surface area contributed by atoms with Gasteiger partial charge in [0.05, 0.1) is 12.7 Å². The molecule has 0 radical (unpaired) electrons. The lowest BCUT2D eigenvalue weighted by molar-refractivity contribution is 0.0601. The summed E-state index contributed by atoms with van der Waals surface area (Å²) in [4.78, 5) is 11.6. The van der Waals surface area contributed by atoms with E-state index in [2.05, 4.69) is 5.32 Å². The number of aliphatic hydroxyl groups excluding tert-OH is 1. The molecule has 0 fully saturated rings. The lowest BCUT2D eigenvalue weighted by Gasteiger charge is -2.23. The van der Waals surface area contributed by atoms with E-state index in [0.29, 0.717) is 22.8 Å². The molecule has 0 aliphatic carbocycles. The molecule has 0 atom stereocenters. The van der Waals surface area contributed by atoms with Gasteiger partial charge in [0, 0.05) is 29.3 Å². The Morgan fingerprint density at radius 2 is 2.17 bits per heavy atom. The van der Waals surface area contributed by atoms with E-state index in [9.17, 15) is 9.90 Å². The van der Waals surface area contributed by atoms with Crippen LogP contribution < -0.4 is 5.32 Å². The van der Waals surface area contributed by atoms with E-state index >= 15 is 0 Å². The van der Waals surface area contributed by atoms with E-state index in [-0.39, 0.29) is 12.0 Å². The van der Waals surface area contributed by atoms with E-state index in [1.165, 1.54) is 7.11 Å². The minimum Gasteiger partial charge on any atom is -0.465 e. The van der Waals surface area contributed by atoms with Crippen molar-refractivity contribution in [2.45, 2.75) is 13.8 Å². The van der Waals surface area contributed by atoms with Crippen LogP contribution in [0.3, 0.4) is 0 Å². The number of methoxy groups -OCH3 is 1. The highest BCUT2D eigenvalue weighted by atomic mass is 35.5. The van der Waals surface area contributed by atoms with Gasteiger partial charge in [0.25, 0.3) is 0 Å². The van der Waals surface area contributed by atoms with Crippen LogP contribution in [0.1, 0.15) is 24.2 Å². The Morgan fingerprint density at radius 1 is 1.50 bits per heavy atom. The Balaban J connectivity index is 2.91. The highest BCUT2D eigenvalue weighted by Gasteiger charge is 2.18. The van der Waals surface area contributed by atoms with Crippen LogP contribution in [0.25, 0.3) is 0 Å². The monoisotopic (exact) mass is 271 g/mol. The normalized spacial score (nSPS) is 11.2. The molecule has 4 nitrogen and oxygen atoms in total. The molecule has 0 spiro atoms. The number of hydrogen-bond donors (Lipinski definition) is 2. The quantitative estimate of drug-likeness (QED) is 0.808. The maximum absolute atomic E-state index is 11.6. The van der Waals surface area contributed by atoms with Gasteiger partial charge in [-0.3, -0.25) is 0 Å². The molecule has 100 valence electrons. The molecule has 1 aromatic rings. The van der Waals surface area contributed by atoms with Crippen molar-refractivity contribution in [2.75, 3.05) is 25.6 Å². The van der Waals surface area contributed by atoms with Crippen LogP contribution in [-0.4, -0.2) is 31.3 Å². The second kappa shape index (κ2) is 6.07. The number of ether oxygens (including phenoxy) is 1. The molecule has 0 amide bonds. The molecule has 0 saturated carbocycles. The first-order chi connectivity index (χ1) is 8.39. The van der Waals surface area contributed by atoms with Crippen molar-refractivity contribution in [2.24, 2.45) is 5.41 Å². The van der Waals surface area contributed by atoms with Crippen molar-refractivity contribution in [3.8, 4) is 0 Å². The molecule has 1 rings (SSSR count). The predicted molar refractivity (Wildman–Crippen MR) is 72.1 cm³/mol. The van der Waals surface area contributed by atoms with Gasteiger partial charge in [-0.25, -0.2) is 4.79 Å². The van der Waals surface area contributed by atoms with Gasteiger partial charge in [-0.2, -0.15) is 0 Å². The Hall–Kier alpha value is -1.26. The summed E-state index contributed by atoms with van der Waals surface area (Å²) in [6, 6.07) is 4.98. The summed E-state index contributed by atoms with van der Waals surface area (Å²) < 4.78 is 4.70. The molecule has 0 unspecified atom stereocenters. The third kappa shape index (κ3) is 3.89. The fourth-order valence-electron chi connectivity index (χ4n) is 1.34. The van der Waals surface area contributed by atoms with Crippen LogP contribution in [0.2, 0.25) is 5.02 Å². The number of halogens is 1. The van der Waals surface area contributed by atoms with Gasteiger partial charge < -0.3 is 15.2 Å². The molecule has 0 aliphatic rings. The van der Waals surface area contributed by atoms with Gasteiger partial charge >= 0.3 is 5.97 Å². The number of benzene rings is 1. The maximum Gasteiger partial charge on any atom is 0.340 e. The van der Waals surface area contributed by atoms with Gasteiger partial charge in [0.1, 0.15) is 0 Å².